The van der Waals surface area contributed by atoms with Crippen molar-refractivity contribution >= 4 is 23.4 Å². The molecule has 0 atom stereocenters. The number of hydrogen-bond donors (Lipinski definition) is 1. The number of ether oxygens (including phenoxy) is 2. The molecule has 0 aliphatic heterocycles. The van der Waals surface area contributed by atoms with Gasteiger partial charge in [-0.1, -0.05) is 18.2 Å². The Morgan fingerprint density at radius 1 is 0.967 bits per heavy atom. The Hall–Kier alpha value is -2.28. The zero-order valence-electron chi connectivity index (χ0n) is 18.2. The number of halogens is 1. The van der Waals surface area contributed by atoms with Crippen LogP contribution in [0.5, 0.6) is 5.75 Å². The predicted octanol–water partition coefficient (Wildman–Crippen LogP) is 3.78. The van der Waals surface area contributed by atoms with Crippen LogP contribution < -0.4 is 15.7 Å². The average Bonchev–Trinajstić information content (AvgIpc) is 2.93. The Morgan fingerprint density at radius 2 is 1.63 bits per heavy atom. The van der Waals surface area contributed by atoms with E-state index < -0.39 is 0 Å². The molecule has 0 unspecified atom stereocenters. The third-order valence-electron chi connectivity index (χ3n) is 4.94. The molecule has 0 fully saturated rings. The fraction of sp³-hybridized carbons (Fsp3) is 0.435. The van der Waals surface area contributed by atoms with Gasteiger partial charge in [0, 0.05) is 27.2 Å². The highest BCUT2D eigenvalue weighted by Gasteiger charge is 2.08. The number of hydrogen-bond acceptors (Lipinski definition) is 4. The molecule has 0 radical (unpaired) electrons. The second-order valence-electron chi connectivity index (χ2n) is 7.61. The molecule has 1 aromatic heterocycles. The summed E-state index contributed by atoms with van der Waals surface area (Å²) in [5.74, 6) is 0.834. The highest BCUT2D eigenvalue weighted by atomic mass is 35.5. The molecule has 164 valence electrons. The zero-order chi connectivity index (χ0) is 20.8. The molecule has 3 rings (SSSR count). The second kappa shape index (κ2) is 11.2. The van der Waals surface area contributed by atoms with Gasteiger partial charge in [-0.15, -0.1) is 12.4 Å². The largest absolute Gasteiger partial charge is 0.489 e. The molecule has 0 saturated carbocycles. The third-order valence-corrected chi connectivity index (χ3v) is 4.94. The lowest BCUT2D eigenvalue weighted by Gasteiger charge is -2.10. The minimum atomic E-state index is -0.0188. The number of benzene rings is 2. The van der Waals surface area contributed by atoms with E-state index in [1.54, 1.807) is 23.2 Å². The summed E-state index contributed by atoms with van der Waals surface area (Å²) >= 11 is 0. The highest BCUT2D eigenvalue weighted by Crippen LogP contribution is 2.17. The van der Waals surface area contributed by atoms with Crippen molar-refractivity contribution in [2.75, 3.05) is 13.2 Å². The van der Waals surface area contributed by atoms with E-state index in [1.807, 2.05) is 30.3 Å². The molecule has 30 heavy (non-hydrogen) atoms. The Morgan fingerprint density at radius 3 is 2.33 bits per heavy atom. The van der Waals surface area contributed by atoms with Gasteiger partial charge in [0.05, 0.1) is 17.1 Å². The smallest absolute Gasteiger partial charge is 0.328 e. The maximum Gasteiger partial charge on any atom is 0.328 e. The molecule has 0 spiro atoms. The van der Waals surface area contributed by atoms with Crippen LogP contribution in [0, 0.1) is 0 Å². The van der Waals surface area contributed by atoms with Gasteiger partial charge in [-0.2, -0.15) is 0 Å². The Bertz CT molecular complexity index is 993. The normalized spacial score (nSPS) is 11.1. The quantitative estimate of drug-likeness (QED) is 0.494. The number of imidazole rings is 1. The van der Waals surface area contributed by atoms with E-state index in [-0.39, 0.29) is 18.1 Å². The lowest BCUT2D eigenvalue weighted by atomic mass is 10.2. The molecule has 0 aliphatic carbocycles. The minimum absolute atomic E-state index is 0. The molecule has 3 aromatic rings. The van der Waals surface area contributed by atoms with Crippen LogP contribution in [0.15, 0.2) is 47.3 Å². The summed E-state index contributed by atoms with van der Waals surface area (Å²) < 4.78 is 14.8. The van der Waals surface area contributed by atoms with Gasteiger partial charge in [-0.25, -0.2) is 4.79 Å². The SMILES string of the molecule is CC(C)OCCCNCc1ccc(OCc2ccc3c(c2)n(C)c(=O)n3C)cc1.Cl. The number of rotatable bonds is 10. The fourth-order valence-corrected chi connectivity index (χ4v) is 3.26. The maximum absolute atomic E-state index is 12.0. The van der Waals surface area contributed by atoms with Crippen LogP contribution in [0.3, 0.4) is 0 Å². The first kappa shape index (κ1) is 24.0. The van der Waals surface area contributed by atoms with Gasteiger partial charge >= 0.3 is 5.69 Å². The van der Waals surface area contributed by atoms with Crippen LogP contribution in [-0.2, 0) is 32.0 Å². The van der Waals surface area contributed by atoms with E-state index in [0.29, 0.717) is 12.7 Å². The van der Waals surface area contributed by atoms with E-state index >= 15 is 0 Å². The summed E-state index contributed by atoms with van der Waals surface area (Å²) in [4.78, 5) is 12.0. The van der Waals surface area contributed by atoms with Gasteiger partial charge in [-0.05, 0) is 62.2 Å². The molecule has 1 heterocycles. The van der Waals surface area contributed by atoms with Crippen LogP contribution in [0.25, 0.3) is 11.0 Å². The van der Waals surface area contributed by atoms with Crippen LogP contribution in [0.1, 0.15) is 31.4 Å². The van der Waals surface area contributed by atoms with Gasteiger partial charge in [-0.3, -0.25) is 9.13 Å². The average molecular weight is 434 g/mol. The maximum atomic E-state index is 12.0. The molecule has 6 nitrogen and oxygen atoms in total. The minimum Gasteiger partial charge on any atom is -0.489 e. The fourth-order valence-electron chi connectivity index (χ4n) is 3.26. The van der Waals surface area contributed by atoms with Crippen molar-refractivity contribution in [1.82, 2.24) is 14.5 Å². The summed E-state index contributed by atoms with van der Waals surface area (Å²) in [6, 6.07) is 14.1. The molecule has 1 N–H and O–H groups in total. The van der Waals surface area contributed by atoms with Crippen LogP contribution in [0.4, 0.5) is 0 Å². The molecule has 0 saturated heterocycles. The van der Waals surface area contributed by atoms with Gasteiger partial charge in [0.25, 0.3) is 0 Å². The van der Waals surface area contributed by atoms with Crippen molar-refractivity contribution in [1.29, 1.82) is 0 Å². The summed E-state index contributed by atoms with van der Waals surface area (Å²) in [7, 11) is 3.58. The third kappa shape index (κ3) is 6.11. The van der Waals surface area contributed by atoms with Gasteiger partial charge in [0.1, 0.15) is 12.4 Å². The second-order valence-corrected chi connectivity index (χ2v) is 7.61. The van der Waals surface area contributed by atoms with Gasteiger partial charge < -0.3 is 14.8 Å². The number of aryl methyl sites for hydroxylation is 2. The van der Waals surface area contributed by atoms with Crippen molar-refractivity contribution in [3.05, 3.63) is 64.1 Å². The van der Waals surface area contributed by atoms with E-state index in [1.165, 1.54) is 5.56 Å². The number of aromatic nitrogens is 2. The topological polar surface area (TPSA) is 57.4 Å². The van der Waals surface area contributed by atoms with E-state index in [4.69, 9.17) is 9.47 Å². The van der Waals surface area contributed by atoms with Crippen molar-refractivity contribution in [2.45, 2.75) is 39.5 Å². The Balaban J connectivity index is 0.00000320. The van der Waals surface area contributed by atoms with Crippen LogP contribution in [0.2, 0.25) is 0 Å². The lowest BCUT2D eigenvalue weighted by Crippen LogP contribution is -2.19. The molecular weight excluding hydrogens is 402 g/mol. The number of fused-ring (bicyclic) bond motifs is 1. The standard InChI is InChI=1S/C23H31N3O3.ClH/c1-17(2)28-13-5-12-24-15-18-6-9-20(10-7-18)29-16-19-8-11-21-22(14-19)26(4)23(27)25(21)3;/h6-11,14,17,24H,5,12-13,15-16H2,1-4H3;1H. The van der Waals surface area contributed by atoms with E-state index in [0.717, 1.165) is 48.5 Å². The first-order valence-corrected chi connectivity index (χ1v) is 10.1. The first-order chi connectivity index (χ1) is 14.0. The Labute approximate surface area is 184 Å². The van der Waals surface area contributed by atoms with Crippen LogP contribution in [-0.4, -0.2) is 28.4 Å². The number of nitrogens with zero attached hydrogens (tertiary/aromatic N) is 2. The number of nitrogens with one attached hydrogen (secondary N) is 1. The summed E-state index contributed by atoms with van der Waals surface area (Å²) in [5, 5.41) is 3.43. The molecule has 7 heteroatoms. The zero-order valence-corrected chi connectivity index (χ0v) is 19.0. The molecule has 0 amide bonds. The lowest BCUT2D eigenvalue weighted by molar-refractivity contribution is 0.0770. The van der Waals surface area contributed by atoms with Gasteiger partial charge in [0.2, 0.25) is 0 Å². The predicted molar refractivity (Wildman–Crippen MR) is 124 cm³/mol. The van der Waals surface area contributed by atoms with E-state index in [9.17, 15) is 4.79 Å². The monoisotopic (exact) mass is 433 g/mol. The van der Waals surface area contributed by atoms with Gasteiger partial charge in [0.15, 0.2) is 0 Å². The molecule has 2 aromatic carbocycles. The highest BCUT2D eigenvalue weighted by molar-refractivity contribution is 5.85. The van der Waals surface area contributed by atoms with Crippen molar-refractivity contribution in [3.8, 4) is 5.75 Å². The van der Waals surface area contributed by atoms with Crippen molar-refractivity contribution < 1.29 is 9.47 Å². The first-order valence-electron chi connectivity index (χ1n) is 10.1. The molecule has 0 bridgehead atoms. The van der Waals surface area contributed by atoms with Crippen molar-refractivity contribution in [2.24, 2.45) is 14.1 Å². The van der Waals surface area contributed by atoms with Crippen molar-refractivity contribution in [3.63, 3.8) is 0 Å². The van der Waals surface area contributed by atoms with Crippen LogP contribution >= 0.6 is 12.4 Å². The Kier molecular flexibility index (Phi) is 8.96. The van der Waals surface area contributed by atoms with E-state index in [2.05, 4.69) is 31.3 Å². The molecule has 0 aliphatic rings. The summed E-state index contributed by atoms with van der Waals surface area (Å²) in [6.45, 7) is 7.14. The summed E-state index contributed by atoms with van der Waals surface area (Å²) in [6.07, 6.45) is 1.31. The summed E-state index contributed by atoms with van der Waals surface area (Å²) in [5.41, 5.74) is 4.08. The molecular formula is C23H32ClN3O3.